The molecule has 1 unspecified atom stereocenters. The minimum absolute atomic E-state index is 0.129. The minimum Gasteiger partial charge on any atom is -0.508 e. The highest BCUT2D eigenvalue weighted by Crippen LogP contribution is 2.13. The van der Waals surface area contributed by atoms with Crippen molar-refractivity contribution in [1.82, 2.24) is 0 Å². The van der Waals surface area contributed by atoms with Crippen molar-refractivity contribution in [3.63, 3.8) is 0 Å². The largest absolute Gasteiger partial charge is 0.508 e. The molecule has 0 heterocycles. The van der Waals surface area contributed by atoms with Crippen LogP contribution in [0.4, 0.5) is 0 Å². The lowest BCUT2D eigenvalue weighted by Gasteiger charge is -2.03. The molecule has 0 aromatic rings. The molecule has 0 aromatic carbocycles. The van der Waals surface area contributed by atoms with E-state index in [1.807, 2.05) is 13.0 Å². The molecule has 0 bridgehead atoms. The van der Waals surface area contributed by atoms with Crippen LogP contribution < -0.4 is 0 Å². The lowest BCUT2D eigenvalue weighted by molar-refractivity contribution is 0.426. The summed E-state index contributed by atoms with van der Waals surface area (Å²) in [5, 5.41) is 17.9. The summed E-state index contributed by atoms with van der Waals surface area (Å²) in [5.74, 6) is 0.403. The summed E-state index contributed by atoms with van der Waals surface area (Å²) in [4.78, 5) is 0. The summed E-state index contributed by atoms with van der Waals surface area (Å²) in [5.41, 5.74) is 0.752. The molecule has 0 aromatic heterocycles. The molecule has 0 spiro atoms. The zero-order chi connectivity index (χ0) is 8.97. The van der Waals surface area contributed by atoms with Gasteiger partial charge in [0.2, 0.25) is 0 Å². The number of allylic oxidation sites excluding steroid dienone is 5. The van der Waals surface area contributed by atoms with Crippen molar-refractivity contribution in [2.45, 2.75) is 13.3 Å². The Labute approximate surface area is 72.1 Å². The first-order valence-corrected chi connectivity index (χ1v) is 3.90. The van der Waals surface area contributed by atoms with E-state index in [1.54, 1.807) is 18.2 Å². The van der Waals surface area contributed by atoms with Gasteiger partial charge in [0.15, 0.2) is 0 Å². The SMILES string of the molecule is CC1C=C(C#N)C/C=C\C(O)=C/1. The van der Waals surface area contributed by atoms with Gasteiger partial charge >= 0.3 is 0 Å². The van der Waals surface area contributed by atoms with E-state index < -0.39 is 0 Å². The number of hydrogen-bond donors (Lipinski definition) is 1. The lowest BCUT2D eigenvalue weighted by Crippen LogP contribution is -1.92. The molecule has 2 nitrogen and oxygen atoms in total. The molecule has 1 aliphatic carbocycles. The zero-order valence-corrected chi connectivity index (χ0v) is 6.99. The Bertz CT molecular complexity index is 291. The first-order valence-electron chi connectivity index (χ1n) is 3.90. The average Bonchev–Trinajstić information content (AvgIpc) is 1.99. The fourth-order valence-corrected chi connectivity index (χ4v) is 1.15. The highest BCUT2D eigenvalue weighted by atomic mass is 16.3. The molecule has 12 heavy (non-hydrogen) atoms. The van der Waals surface area contributed by atoms with E-state index in [4.69, 9.17) is 5.26 Å². The van der Waals surface area contributed by atoms with Gasteiger partial charge in [-0.25, -0.2) is 0 Å². The molecule has 0 fully saturated rings. The number of nitrogens with zero attached hydrogens (tertiary/aromatic N) is 1. The van der Waals surface area contributed by atoms with Gasteiger partial charge in [0.25, 0.3) is 0 Å². The van der Waals surface area contributed by atoms with Gasteiger partial charge in [-0.05, 0) is 18.1 Å². The second-order valence-corrected chi connectivity index (χ2v) is 2.86. The van der Waals surface area contributed by atoms with E-state index in [9.17, 15) is 5.11 Å². The molecule has 0 saturated carbocycles. The molecule has 2 heteroatoms. The Kier molecular flexibility index (Phi) is 2.71. The zero-order valence-electron chi connectivity index (χ0n) is 6.99. The highest BCUT2D eigenvalue weighted by Gasteiger charge is 2.01. The van der Waals surface area contributed by atoms with E-state index in [0.29, 0.717) is 6.42 Å². The third-order valence-corrected chi connectivity index (χ3v) is 1.67. The average molecular weight is 161 g/mol. The summed E-state index contributed by atoms with van der Waals surface area (Å²) in [6, 6.07) is 2.12. The van der Waals surface area contributed by atoms with Gasteiger partial charge in [0, 0.05) is 12.0 Å². The topological polar surface area (TPSA) is 44.0 Å². The molecule has 1 atom stereocenters. The summed E-state index contributed by atoms with van der Waals surface area (Å²) in [6.45, 7) is 1.94. The Morgan fingerprint density at radius 3 is 3.00 bits per heavy atom. The van der Waals surface area contributed by atoms with Gasteiger partial charge in [-0.15, -0.1) is 0 Å². The van der Waals surface area contributed by atoms with E-state index in [1.165, 1.54) is 0 Å². The molecule has 62 valence electrons. The maximum atomic E-state index is 9.21. The molecular weight excluding hydrogens is 150 g/mol. The standard InChI is InChI=1S/C10H11NO/c1-8-5-9(7-11)3-2-4-10(12)6-8/h2,4-6,8,12H,3H2,1H3/b4-2-,9-5?,10-6+. The number of rotatable bonds is 0. The smallest absolute Gasteiger partial charge is 0.111 e. The van der Waals surface area contributed by atoms with Crippen molar-refractivity contribution in [2.24, 2.45) is 5.92 Å². The van der Waals surface area contributed by atoms with Gasteiger partial charge in [0.1, 0.15) is 5.76 Å². The van der Waals surface area contributed by atoms with Crippen molar-refractivity contribution < 1.29 is 5.11 Å². The number of hydrogen-bond acceptors (Lipinski definition) is 2. The molecule has 0 radical (unpaired) electrons. The van der Waals surface area contributed by atoms with Crippen LogP contribution in [0.25, 0.3) is 0 Å². The number of aliphatic hydroxyl groups is 1. The van der Waals surface area contributed by atoms with Crippen molar-refractivity contribution in [2.75, 3.05) is 0 Å². The normalized spacial score (nSPS) is 30.2. The van der Waals surface area contributed by atoms with Gasteiger partial charge in [-0.3, -0.25) is 0 Å². The number of aliphatic hydroxyl groups excluding tert-OH is 1. The first-order chi connectivity index (χ1) is 5.72. The second-order valence-electron chi connectivity index (χ2n) is 2.86. The monoisotopic (exact) mass is 161 g/mol. The quantitative estimate of drug-likeness (QED) is 0.593. The Morgan fingerprint density at radius 2 is 2.33 bits per heavy atom. The molecule has 0 saturated heterocycles. The van der Waals surface area contributed by atoms with Crippen LogP contribution in [0.1, 0.15) is 13.3 Å². The Morgan fingerprint density at radius 1 is 1.58 bits per heavy atom. The lowest BCUT2D eigenvalue weighted by atomic mass is 10.0. The van der Waals surface area contributed by atoms with Crippen LogP contribution in [0.15, 0.2) is 35.6 Å². The van der Waals surface area contributed by atoms with Crippen LogP contribution in [0.2, 0.25) is 0 Å². The molecule has 0 amide bonds. The van der Waals surface area contributed by atoms with Gasteiger partial charge in [-0.1, -0.05) is 19.1 Å². The third-order valence-electron chi connectivity index (χ3n) is 1.67. The van der Waals surface area contributed by atoms with Gasteiger partial charge < -0.3 is 5.11 Å². The predicted molar refractivity (Wildman–Crippen MR) is 47.3 cm³/mol. The van der Waals surface area contributed by atoms with E-state index in [-0.39, 0.29) is 11.7 Å². The molecule has 1 N–H and O–H groups in total. The maximum absolute atomic E-state index is 9.21. The second kappa shape index (κ2) is 3.77. The first kappa shape index (κ1) is 8.61. The van der Waals surface area contributed by atoms with Crippen molar-refractivity contribution >= 4 is 0 Å². The fourth-order valence-electron chi connectivity index (χ4n) is 1.15. The van der Waals surface area contributed by atoms with Crippen LogP contribution in [0.3, 0.4) is 0 Å². The summed E-state index contributed by atoms with van der Waals surface area (Å²) in [7, 11) is 0. The van der Waals surface area contributed by atoms with E-state index in [2.05, 4.69) is 6.07 Å². The summed E-state index contributed by atoms with van der Waals surface area (Å²) in [6.07, 6.45) is 7.60. The summed E-state index contributed by atoms with van der Waals surface area (Å²) < 4.78 is 0. The Balaban J connectivity index is 2.91. The fraction of sp³-hybridized carbons (Fsp3) is 0.300. The minimum atomic E-state index is 0.129. The van der Waals surface area contributed by atoms with Crippen LogP contribution in [0.5, 0.6) is 0 Å². The maximum Gasteiger partial charge on any atom is 0.111 e. The highest BCUT2D eigenvalue weighted by molar-refractivity contribution is 5.29. The van der Waals surface area contributed by atoms with Crippen molar-refractivity contribution in [1.29, 1.82) is 5.26 Å². The molecule has 0 aliphatic heterocycles. The summed E-state index contributed by atoms with van der Waals surface area (Å²) >= 11 is 0. The number of nitriles is 1. The van der Waals surface area contributed by atoms with Crippen molar-refractivity contribution in [3.05, 3.63) is 35.6 Å². The predicted octanol–water partition coefficient (Wildman–Crippen LogP) is 2.47. The van der Waals surface area contributed by atoms with E-state index >= 15 is 0 Å². The van der Waals surface area contributed by atoms with Crippen molar-refractivity contribution in [3.8, 4) is 6.07 Å². The van der Waals surface area contributed by atoms with Crippen LogP contribution in [-0.4, -0.2) is 5.11 Å². The molecule has 1 aliphatic rings. The molecular formula is C10H11NO. The van der Waals surface area contributed by atoms with Gasteiger partial charge in [0.05, 0.1) is 6.07 Å². The molecule has 1 rings (SSSR count). The van der Waals surface area contributed by atoms with Crippen LogP contribution in [-0.2, 0) is 0 Å². The Hall–Kier alpha value is -1.49. The van der Waals surface area contributed by atoms with Gasteiger partial charge in [-0.2, -0.15) is 5.26 Å². The van der Waals surface area contributed by atoms with Crippen LogP contribution >= 0.6 is 0 Å². The third kappa shape index (κ3) is 2.28. The van der Waals surface area contributed by atoms with Crippen LogP contribution in [0, 0.1) is 17.2 Å². The van der Waals surface area contributed by atoms with E-state index in [0.717, 1.165) is 5.57 Å².